The summed E-state index contributed by atoms with van der Waals surface area (Å²) in [4.78, 5) is 24.1. The van der Waals surface area contributed by atoms with Crippen molar-refractivity contribution in [3.05, 3.63) is 42.5 Å². The summed E-state index contributed by atoms with van der Waals surface area (Å²) in [6.45, 7) is 5.79. The van der Waals surface area contributed by atoms with Crippen LogP contribution in [0.4, 0.5) is 5.69 Å². The van der Waals surface area contributed by atoms with Gasteiger partial charge in [-0.2, -0.15) is 0 Å². The lowest BCUT2D eigenvalue weighted by Gasteiger charge is -2.15. The van der Waals surface area contributed by atoms with E-state index in [0.29, 0.717) is 24.3 Å². The molecule has 1 unspecified atom stereocenters. The minimum atomic E-state index is -0.623. The van der Waals surface area contributed by atoms with Crippen LogP contribution in [0, 0.1) is 12.3 Å². The van der Waals surface area contributed by atoms with Crippen LogP contribution in [0.5, 0.6) is 0 Å². The fourth-order valence-electron chi connectivity index (χ4n) is 1.65. The van der Waals surface area contributed by atoms with Crippen molar-refractivity contribution < 1.29 is 14.3 Å². The number of anilines is 1. The standard InChI is InChI=1S/C17H20N2O3/c1-4-6-12-22-13(3)16(20)19-15-10-8-7-9-14(15)17(21)18-11-5-2/h2,4,7-10,13H,1,6,11-12H2,3H3,(H,18,21)(H,19,20). The molecule has 2 amide bonds. The van der Waals surface area contributed by atoms with E-state index in [9.17, 15) is 9.59 Å². The van der Waals surface area contributed by atoms with Crippen molar-refractivity contribution >= 4 is 17.5 Å². The molecule has 0 aliphatic rings. The van der Waals surface area contributed by atoms with Gasteiger partial charge in [-0.3, -0.25) is 9.59 Å². The van der Waals surface area contributed by atoms with Crippen molar-refractivity contribution in [2.45, 2.75) is 19.4 Å². The molecule has 5 nitrogen and oxygen atoms in total. The molecule has 5 heteroatoms. The van der Waals surface area contributed by atoms with Crippen molar-refractivity contribution in [1.29, 1.82) is 0 Å². The van der Waals surface area contributed by atoms with Gasteiger partial charge in [0.25, 0.3) is 11.8 Å². The van der Waals surface area contributed by atoms with Gasteiger partial charge in [-0.1, -0.05) is 24.1 Å². The molecule has 1 atom stereocenters. The molecule has 0 aliphatic heterocycles. The maximum atomic E-state index is 12.1. The summed E-state index contributed by atoms with van der Waals surface area (Å²) < 4.78 is 5.37. The Labute approximate surface area is 130 Å². The quantitative estimate of drug-likeness (QED) is 0.438. The maximum Gasteiger partial charge on any atom is 0.254 e. The number of benzene rings is 1. The molecule has 1 rings (SSSR count). The van der Waals surface area contributed by atoms with Crippen LogP contribution in [0.25, 0.3) is 0 Å². The van der Waals surface area contributed by atoms with Gasteiger partial charge >= 0.3 is 0 Å². The Morgan fingerprint density at radius 2 is 2.18 bits per heavy atom. The lowest BCUT2D eigenvalue weighted by Crippen LogP contribution is -2.30. The molecule has 2 N–H and O–H groups in total. The van der Waals surface area contributed by atoms with E-state index in [2.05, 4.69) is 23.1 Å². The van der Waals surface area contributed by atoms with E-state index in [1.165, 1.54) is 0 Å². The number of ether oxygens (including phenoxy) is 1. The summed E-state index contributed by atoms with van der Waals surface area (Å²) >= 11 is 0. The van der Waals surface area contributed by atoms with Gasteiger partial charge in [0.15, 0.2) is 0 Å². The number of hydrogen-bond donors (Lipinski definition) is 2. The summed E-state index contributed by atoms with van der Waals surface area (Å²) in [5.41, 5.74) is 0.769. The highest BCUT2D eigenvalue weighted by Crippen LogP contribution is 2.15. The average Bonchev–Trinajstić information content (AvgIpc) is 2.53. The minimum Gasteiger partial charge on any atom is -0.368 e. The predicted molar refractivity (Wildman–Crippen MR) is 86.5 cm³/mol. The number of rotatable bonds is 8. The van der Waals surface area contributed by atoms with Gasteiger partial charge in [-0.15, -0.1) is 13.0 Å². The van der Waals surface area contributed by atoms with Crippen molar-refractivity contribution in [2.24, 2.45) is 0 Å². The second kappa shape index (κ2) is 9.37. The number of amides is 2. The largest absolute Gasteiger partial charge is 0.368 e. The summed E-state index contributed by atoms with van der Waals surface area (Å²) in [6.07, 6.45) is 6.88. The zero-order valence-corrected chi connectivity index (χ0v) is 12.6. The molecule has 0 radical (unpaired) electrons. The molecule has 0 aromatic heterocycles. The number of terminal acetylenes is 1. The third kappa shape index (κ3) is 5.43. The Morgan fingerprint density at radius 3 is 2.86 bits per heavy atom. The Kier molecular flexibility index (Phi) is 7.44. The maximum absolute atomic E-state index is 12.1. The fraction of sp³-hybridized carbons (Fsp3) is 0.294. The molecule has 0 saturated heterocycles. The van der Waals surface area contributed by atoms with E-state index in [0.717, 1.165) is 0 Å². The molecule has 22 heavy (non-hydrogen) atoms. The van der Waals surface area contributed by atoms with Gasteiger partial charge in [-0.05, 0) is 25.5 Å². The second-order valence-electron chi connectivity index (χ2n) is 4.51. The zero-order chi connectivity index (χ0) is 16.4. The van der Waals surface area contributed by atoms with Crippen molar-refractivity contribution in [1.82, 2.24) is 5.32 Å². The second-order valence-corrected chi connectivity index (χ2v) is 4.51. The van der Waals surface area contributed by atoms with Crippen LogP contribution >= 0.6 is 0 Å². The molecule has 1 aromatic carbocycles. The molecular weight excluding hydrogens is 280 g/mol. The van der Waals surface area contributed by atoms with E-state index in [4.69, 9.17) is 11.2 Å². The third-order valence-electron chi connectivity index (χ3n) is 2.84. The molecule has 0 aliphatic carbocycles. The SMILES string of the molecule is C#CCNC(=O)c1ccccc1NC(=O)C(C)OCCC=C. The Bertz CT molecular complexity index is 576. The molecule has 0 heterocycles. The summed E-state index contributed by atoms with van der Waals surface area (Å²) in [5.74, 6) is 1.67. The van der Waals surface area contributed by atoms with Gasteiger partial charge in [-0.25, -0.2) is 0 Å². The molecule has 1 aromatic rings. The molecular formula is C17H20N2O3. The molecule has 0 bridgehead atoms. The van der Waals surface area contributed by atoms with Crippen LogP contribution in [-0.4, -0.2) is 31.1 Å². The highest BCUT2D eigenvalue weighted by atomic mass is 16.5. The van der Waals surface area contributed by atoms with E-state index in [1.807, 2.05) is 0 Å². The molecule has 0 saturated carbocycles. The molecule has 116 valence electrons. The van der Waals surface area contributed by atoms with E-state index in [1.54, 1.807) is 37.3 Å². The average molecular weight is 300 g/mol. The number of para-hydroxylation sites is 1. The number of nitrogens with one attached hydrogen (secondary N) is 2. The van der Waals surface area contributed by atoms with Gasteiger partial charge in [0.2, 0.25) is 0 Å². The summed E-state index contributed by atoms with van der Waals surface area (Å²) in [5, 5.41) is 5.26. The van der Waals surface area contributed by atoms with Crippen LogP contribution in [0.1, 0.15) is 23.7 Å². The predicted octanol–water partition coefficient (Wildman–Crippen LogP) is 1.97. The van der Waals surface area contributed by atoms with E-state index >= 15 is 0 Å². The first-order valence-corrected chi connectivity index (χ1v) is 6.94. The summed E-state index contributed by atoms with van der Waals surface area (Å²) in [6, 6.07) is 6.71. The van der Waals surface area contributed by atoms with Crippen LogP contribution in [-0.2, 0) is 9.53 Å². The van der Waals surface area contributed by atoms with E-state index < -0.39 is 6.10 Å². The summed E-state index contributed by atoms with van der Waals surface area (Å²) in [7, 11) is 0. The Hall–Kier alpha value is -2.58. The first-order chi connectivity index (χ1) is 10.6. The lowest BCUT2D eigenvalue weighted by atomic mass is 10.1. The van der Waals surface area contributed by atoms with Gasteiger partial charge < -0.3 is 15.4 Å². The topological polar surface area (TPSA) is 67.4 Å². The Balaban J connectivity index is 2.72. The van der Waals surface area contributed by atoms with Crippen molar-refractivity contribution in [3.8, 4) is 12.3 Å². The minimum absolute atomic E-state index is 0.127. The van der Waals surface area contributed by atoms with Gasteiger partial charge in [0.05, 0.1) is 24.4 Å². The van der Waals surface area contributed by atoms with Crippen LogP contribution in [0.3, 0.4) is 0 Å². The van der Waals surface area contributed by atoms with Crippen LogP contribution in [0.2, 0.25) is 0 Å². The number of hydrogen-bond acceptors (Lipinski definition) is 3. The monoisotopic (exact) mass is 300 g/mol. The smallest absolute Gasteiger partial charge is 0.254 e. The molecule has 0 fully saturated rings. The van der Waals surface area contributed by atoms with Crippen LogP contribution in [0.15, 0.2) is 36.9 Å². The third-order valence-corrected chi connectivity index (χ3v) is 2.84. The molecule has 0 spiro atoms. The normalized spacial score (nSPS) is 11.1. The number of carbonyl (C=O) groups is 2. The van der Waals surface area contributed by atoms with E-state index in [-0.39, 0.29) is 18.4 Å². The first-order valence-electron chi connectivity index (χ1n) is 6.94. The highest BCUT2D eigenvalue weighted by Gasteiger charge is 2.17. The lowest BCUT2D eigenvalue weighted by molar-refractivity contribution is -0.126. The van der Waals surface area contributed by atoms with Crippen molar-refractivity contribution in [2.75, 3.05) is 18.5 Å². The zero-order valence-electron chi connectivity index (χ0n) is 12.6. The van der Waals surface area contributed by atoms with Crippen molar-refractivity contribution in [3.63, 3.8) is 0 Å². The van der Waals surface area contributed by atoms with Gasteiger partial charge in [0, 0.05) is 0 Å². The number of carbonyl (C=O) groups excluding carboxylic acids is 2. The van der Waals surface area contributed by atoms with Gasteiger partial charge in [0.1, 0.15) is 6.10 Å². The first kappa shape index (κ1) is 17.5. The fourth-order valence-corrected chi connectivity index (χ4v) is 1.65. The highest BCUT2D eigenvalue weighted by molar-refractivity contribution is 6.04. The van der Waals surface area contributed by atoms with Crippen LogP contribution < -0.4 is 10.6 Å². The Morgan fingerprint density at radius 1 is 1.45 bits per heavy atom.